The summed E-state index contributed by atoms with van der Waals surface area (Å²) in [7, 11) is 0. The van der Waals surface area contributed by atoms with Gasteiger partial charge in [-0.3, -0.25) is 0 Å². The predicted molar refractivity (Wildman–Crippen MR) is 86.9 cm³/mol. The molecule has 120 valence electrons. The first-order valence-electron chi connectivity index (χ1n) is 9.40. The summed E-state index contributed by atoms with van der Waals surface area (Å²) in [6.07, 6.45) is 9.33. The van der Waals surface area contributed by atoms with Crippen molar-refractivity contribution in [3.05, 3.63) is 0 Å². The van der Waals surface area contributed by atoms with Crippen LogP contribution in [0.25, 0.3) is 0 Å². The van der Waals surface area contributed by atoms with E-state index in [9.17, 15) is 5.11 Å². The number of aliphatic hydroxyl groups is 1. The summed E-state index contributed by atoms with van der Waals surface area (Å²) < 4.78 is 0. The van der Waals surface area contributed by atoms with Crippen LogP contribution < -0.4 is 0 Å². The van der Waals surface area contributed by atoms with Crippen LogP contribution in [0.5, 0.6) is 0 Å². The summed E-state index contributed by atoms with van der Waals surface area (Å²) in [6, 6.07) is 0. The van der Waals surface area contributed by atoms with Gasteiger partial charge in [0.1, 0.15) is 0 Å². The molecular formula is C20H34O. The third-order valence-corrected chi connectivity index (χ3v) is 9.11. The fourth-order valence-electron chi connectivity index (χ4n) is 7.93. The summed E-state index contributed by atoms with van der Waals surface area (Å²) >= 11 is 0. The van der Waals surface area contributed by atoms with E-state index >= 15 is 0 Å². The lowest BCUT2D eigenvalue weighted by atomic mass is 9.46. The van der Waals surface area contributed by atoms with Gasteiger partial charge in [-0.25, -0.2) is 0 Å². The topological polar surface area (TPSA) is 20.2 Å². The second kappa shape index (κ2) is 3.89. The highest BCUT2D eigenvalue weighted by Crippen LogP contribution is 2.83. The molecule has 21 heavy (non-hydrogen) atoms. The monoisotopic (exact) mass is 290 g/mol. The van der Waals surface area contributed by atoms with Crippen molar-refractivity contribution in [1.82, 2.24) is 0 Å². The minimum atomic E-state index is -0.381. The second-order valence-electron chi connectivity index (χ2n) is 10.2. The van der Waals surface area contributed by atoms with E-state index in [-0.39, 0.29) is 5.60 Å². The maximum atomic E-state index is 10.9. The van der Waals surface area contributed by atoms with Crippen LogP contribution in [0, 0.1) is 39.9 Å². The summed E-state index contributed by atoms with van der Waals surface area (Å²) in [5, 5.41) is 10.9. The Bertz CT molecular complexity index is 466. The molecule has 0 radical (unpaired) electrons. The van der Waals surface area contributed by atoms with E-state index in [1.807, 2.05) is 0 Å². The molecule has 4 aliphatic carbocycles. The zero-order valence-electron chi connectivity index (χ0n) is 14.7. The van der Waals surface area contributed by atoms with Crippen LogP contribution in [0.4, 0.5) is 0 Å². The molecule has 0 aromatic rings. The number of hydrogen-bond acceptors (Lipinski definition) is 1. The van der Waals surface area contributed by atoms with E-state index in [2.05, 4.69) is 34.6 Å². The third kappa shape index (κ3) is 1.53. The lowest BCUT2D eigenvalue weighted by molar-refractivity contribution is -0.135. The zero-order chi connectivity index (χ0) is 15.3. The first-order chi connectivity index (χ1) is 9.67. The lowest BCUT2D eigenvalue weighted by Gasteiger charge is -2.59. The Balaban J connectivity index is 1.75. The van der Waals surface area contributed by atoms with Crippen molar-refractivity contribution in [3.63, 3.8) is 0 Å². The minimum Gasteiger partial charge on any atom is -0.390 e. The van der Waals surface area contributed by atoms with Gasteiger partial charge in [0.25, 0.3) is 0 Å². The van der Waals surface area contributed by atoms with E-state index < -0.39 is 0 Å². The Hall–Kier alpha value is -0.0400. The fraction of sp³-hybridized carbons (Fsp3) is 1.00. The number of hydrogen-bond donors (Lipinski definition) is 1. The van der Waals surface area contributed by atoms with Crippen LogP contribution in [0.3, 0.4) is 0 Å². The third-order valence-electron chi connectivity index (χ3n) is 9.11. The smallest absolute Gasteiger partial charge is 0.0653 e. The van der Waals surface area contributed by atoms with Crippen molar-refractivity contribution in [3.8, 4) is 0 Å². The molecule has 4 fully saturated rings. The predicted octanol–water partition coefficient (Wildman–Crippen LogP) is 5.03. The van der Waals surface area contributed by atoms with Crippen LogP contribution in [0.15, 0.2) is 0 Å². The Kier molecular flexibility index (Phi) is 2.69. The van der Waals surface area contributed by atoms with E-state index in [1.54, 1.807) is 0 Å². The van der Waals surface area contributed by atoms with Gasteiger partial charge in [0, 0.05) is 0 Å². The van der Waals surface area contributed by atoms with Crippen LogP contribution in [0.2, 0.25) is 0 Å². The summed E-state index contributed by atoms with van der Waals surface area (Å²) in [5.41, 5.74) is 1.19. The summed E-state index contributed by atoms with van der Waals surface area (Å²) in [6.45, 7) is 12.2. The average Bonchev–Trinajstić information content (AvgIpc) is 3.06. The van der Waals surface area contributed by atoms with Crippen LogP contribution in [0.1, 0.15) is 79.6 Å². The average molecular weight is 290 g/mol. The molecule has 0 amide bonds. The van der Waals surface area contributed by atoms with Gasteiger partial charge in [0.15, 0.2) is 0 Å². The second-order valence-corrected chi connectivity index (χ2v) is 10.2. The highest BCUT2D eigenvalue weighted by atomic mass is 16.3. The molecule has 0 saturated heterocycles. The van der Waals surface area contributed by atoms with Crippen molar-refractivity contribution in [2.45, 2.75) is 85.2 Å². The van der Waals surface area contributed by atoms with E-state index in [0.717, 1.165) is 24.2 Å². The summed E-state index contributed by atoms with van der Waals surface area (Å²) in [5.74, 6) is 3.21. The molecule has 1 spiro atoms. The Morgan fingerprint density at radius 3 is 2.24 bits per heavy atom. The minimum absolute atomic E-state index is 0.381. The maximum Gasteiger partial charge on any atom is 0.0653 e. The number of rotatable bonds is 1. The molecular weight excluding hydrogens is 256 g/mol. The van der Waals surface area contributed by atoms with Gasteiger partial charge in [-0.1, -0.05) is 27.7 Å². The van der Waals surface area contributed by atoms with E-state index in [0.29, 0.717) is 22.2 Å². The number of fused-ring (bicyclic) bond motifs is 1. The molecule has 3 unspecified atom stereocenters. The molecule has 0 aromatic carbocycles. The standard InChI is InChI=1S/C20H34O/c1-13(2)14-6-7-15-18(14,4)10-8-17(3)9-11-19(5,21)16-12-20(15,16)17/h13-16,21H,6-12H2,1-5H3/t14-,15?,16?,17+,18-,19-,20?/m1/s1. The van der Waals surface area contributed by atoms with Gasteiger partial charge >= 0.3 is 0 Å². The molecule has 4 aliphatic rings. The van der Waals surface area contributed by atoms with Crippen molar-refractivity contribution in [2.75, 3.05) is 0 Å². The molecule has 1 N–H and O–H groups in total. The van der Waals surface area contributed by atoms with Gasteiger partial charge in [-0.15, -0.1) is 0 Å². The van der Waals surface area contributed by atoms with Crippen molar-refractivity contribution in [2.24, 2.45) is 39.9 Å². The Morgan fingerprint density at radius 1 is 0.905 bits per heavy atom. The molecule has 1 heteroatoms. The molecule has 1 nitrogen and oxygen atoms in total. The highest BCUT2D eigenvalue weighted by Gasteiger charge is 2.78. The molecule has 0 bridgehead atoms. The van der Waals surface area contributed by atoms with Crippen molar-refractivity contribution < 1.29 is 5.11 Å². The molecule has 4 rings (SSSR count). The van der Waals surface area contributed by atoms with Crippen LogP contribution in [-0.2, 0) is 0 Å². The maximum absolute atomic E-state index is 10.9. The van der Waals surface area contributed by atoms with E-state index in [4.69, 9.17) is 0 Å². The van der Waals surface area contributed by atoms with Crippen LogP contribution >= 0.6 is 0 Å². The van der Waals surface area contributed by atoms with Gasteiger partial charge in [0.05, 0.1) is 5.60 Å². The quantitative estimate of drug-likeness (QED) is 0.718. The first kappa shape index (κ1) is 14.5. The van der Waals surface area contributed by atoms with Gasteiger partial charge < -0.3 is 5.11 Å². The largest absolute Gasteiger partial charge is 0.390 e. The van der Waals surface area contributed by atoms with Crippen molar-refractivity contribution in [1.29, 1.82) is 0 Å². The molecule has 4 saturated carbocycles. The van der Waals surface area contributed by atoms with Gasteiger partial charge in [-0.2, -0.15) is 0 Å². The molecule has 7 atom stereocenters. The van der Waals surface area contributed by atoms with Gasteiger partial charge in [-0.05, 0) is 91.8 Å². The molecule has 0 aliphatic heterocycles. The van der Waals surface area contributed by atoms with Gasteiger partial charge in [0.2, 0.25) is 0 Å². The van der Waals surface area contributed by atoms with Crippen LogP contribution in [-0.4, -0.2) is 10.7 Å². The Morgan fingerprint density at radius 2 is 1.57 bits per heavy atom. The highest BCUT2D eigenvalue weighted by molar-refractivity contribution is 5.27. The van der Waals surface area contributed by atoms with E-state index in [1.165, 1.54) is 38.5 Å². The molecule has 0 heterocycles. The first-order valence-corrected chi connectivity index (χ1v) is 9.40. The lowest BCUT2D eigenvalue weighted by Crippen LogP contribution is -2.54. The van der Waals surface area contributed by atoms with Crippen molar-refractivity contribution >= 4 is 0 Å². The Labute approximate surface area is 130 Å². The normalized spacial score (nSPS) is 62.1. The summed E-state index contributed by atoms with van der Waals surface area (Å²) in [4.78, 5) is 0. The SMILES string of the molecule is CC(C)[C@H]1CCC2C34CC3[C@](C)(O)CC[C@]4(C)CC[C@@]21C. The fourth-order valence-corrected chi connectivity index (χ4v) is 7.93. The molecule has 0 aromatic heterocycles. The zero-order valence-corrected chi connectivity index (χ0v) is 14.7.